The van der Waals surface area contributed by atoms with E-state index < -0.39 is 0 Å². The van der Waals surface area contributed by atoms with Gasteiger partial charge in [0.1, 0.15) is 0 Å². The van der Waals surface area contributed by atoms with Gasteiger partial charge in [0.15, 0.2) is 5.13 Å². The molecule has 0 saturated heterocycles. The van der Waals surface area contributed by atoms with Crippen LogP contribution in [0.5, 0.6) is 0 Å². The minimum Gasteiger partial charge on any atom is -0.285 e. The van der Waals surface area contributed by atoms with Crippen LogP contribution in [0.1, 0.15) is 6.42 Å². The lowest BCUT2D eigenvalue weighted by atomic mass is 10.5. The van der Waals surface area contributed by atoms with E-state index in [-0.39, 0.29) is 0 Å². The van der Waals surface area contributed by atoms with Gasteiger partial charge in [0.25, 0.3) is 0 Å². The maximum atomic E-state index is 8.26. The normalized spacial score (nSPS) is 9.09. The van der Waals surface area contributed by atoms with E-state index in [9.17, 15) is 0 Å². The Hall–Kier alpha value is -1.12. The number of aromatic nitrogens is 1. The molecule has 1 heterocycles. The minimum absolute atomic E-state index is 0.427. The fourth-order valence-electron chi connectivity index (χ4n) is 0.624. The molecule has 0 bridgehead atoms. The maximum absolute atomic E-state index is 8.26. The molecule has 0 unspecified atom stereocenters. The number of nitriles is 1. The van der Waals surface area contributed by atoms with Crippen molar-refractivity contribution < 1.29 is 0 Å². The Morgan fingerprint density at radius 2 is 2.64 bits per heavy atom. The summed E-state index contributed by atoms with van der Waals surface area (Å²) in [6, 6.07) is 2.02. The molecule has 0 aromatic carbocycles. The summed E-state index contributed by atoms with van der Waals surface area (Å²) >= 11 is 1.46. The summed E-state index contributed by atoms with van der Waals surface area (Å²) in [7, 11) is 0. The van der Waals surface area contributed by atoms with E-state index in [1.165, 1.54) is 16.3 Å². The molecule has 0 amide bonds. The molecule has 0 atom stereocenters. The summed E-state index contributed by atoms with van der Waals surface area (Å²) in [6.45, 7) is 0.532. The van der Waals surface area contributed by atoms with Crippen molar-refractivity contribution in [1.29, 1.82) is 5.26 Å². The molecule has 0 aliphatic carbocycles. The van der Waals surface area contributed by atoms with E-state index in [4.69, 9.17) is 11.1 Å². The Labute approximate surface area is 68.8 Å². The van der Waals surface area contributed by atoms with Gasteiger partial charge in [0.05, 0.1) is 12.5 Å². The van der Waals surface area contributed by atoms with E-state index in [2.05, 4.69) is 4.98 Å². The van der Waals surface area contributed by atoms with Crippen molar-refractivity contribution in [3.63, 3.8) is 0 Å². The summed E-state index contributed by atoms with van der Waals surface area (Å²) in [5, 5.41) is 12.3. The first-order chi connectivity index (χ1) is 5.34. The van der Waals surface area contributed by atoms with Crippen LogP contribution < -0.4 is 10.9 Å². The Bertz CT molecular complexity index is 238. The van der Waals surface area contributed by atoms with Gasteiger partial charge in [-0.05, 0) is 0 Å². The molecule has 0 spiro atoms. The zero-order valence-electron chi connectivity index (χ0n) is 5.90. The highest BCUT2D eigenvalue weighted by Gasteiger charge is 2.01. The molecule has 1 aromatic heterocycles. The van der Waals surface area contributed by atoms with Crippen molar-refractivity contribution in [2.24, 2.45) is 5.84 Å². The number of hydrogen-bond acceptors (Lipinski definition) is 5. The SMILES string of the molecule is N#CCCN(N)c1nccs1. The number of nitrogens with zero attached hydrogens (tertiary/aromatic N) is 3. The highest BCUT2D eigenvalue weighted by molar-refractivity contribution is 7.13. The first-order valence-corrected chi connectivity index (χ1v) is 4.01. The molecule has 0 saturated carbocycles. The summed E-state index contributed by atoms with van der Waals surface area (Å²) in [6.07, 6.45) is 2.11. The first kappa shape index (κ1) is 7.98. The first-order valence-electron chi connectivity index (χ1n) is 3.13. The van der Waals surface area contributed by atoms with Crippen molar-refractivity contribution >= 4 is 16.5 Å². The van der Waals surface area contributed by atoms with Crippen molar-refractivity contribution in [3.05, 3.63) is 11.6 Å². The monoisotopic (exact) mass is 168 g/mol. The Morgan fingerprint density at radius 1 is 1.82 bits per heavy atom. The van der Waals surface area contributed by atoms with Gasteiger partial charge in [0, 0.05) is 18.1 Å². The molecule has 1 rings (SSSR count). The van der Waals surface area contributed by atoms with Crippen LogP contribution in [0.15, 0.2) is 11.6 Å². The molecule has 58 valence electrons. The van der Waals surface area contributed by atoms with Crippen LogP contribution in [-0.4, -0.2) is 11.5 Å². The highest BCUT2D eigenvalue weighted by atomic mass is 32.1. The number of thiazole rings is 1. The standard InChI is InChI=1S/C6H8N4S/c7-2-1-4-10(8)6-9-3-5-11-6/h3,5H,1,4,8H2. The zero-order chi connectivity index (χ0) is 8.10. The second-order valence-corrected chi connectivity index (χ2v) is 2.79. The Balaban J connectivity index is 2.44. The lowest BCUT2D eigenvalue weighted by Crippen LogP contribution is -2.31. The Morgan fingerprint density at radius 3 is 3.18 bits per heavy atom. The second-order valence-electron chi connectivity index (χ2n) is 1.92. The fraction of sp³-hybridized carbons (Fsp3) is 0.333. The van der Waals surface area contributed by atoms with E-state index in [0.29, 0.717) is 13.0 Å². The average molecular weight is 168 g/mol. The van der Waals surface area contributed by atoms with Crippen LogP contribution in [0.4, 0.5) is 5.13 Å². The van der Waals surface area contributed by atoms with Crippen molar-refractivity contribution in [1.82, 2.24) is 4.98 Å². The van der Waals surface area contributed by atoms with Crippen LogP contribution in [-0.2, 0) is 0 Å². The Kier molecular flexibility index (Phi) is 2.83. The van der Waals surface area contributed by atoms with Gasteiger partial charge in [-0.15, -0.1) is 11.3 Å². The van der Waals surface area contributed by atoms with Gasteiger partial charge in [-0.25, -0.2) is 10.8 Å². The topological polar surface area (TPSA) is 65.9 Å². The molecule has 11 heavy (non-hydrogen) atoms. The number of hydrazine groups is 1. The van der Waals surface area contributed by atoms with Crippen LogP contribution >= 0.6 is 11.3 Å². The van der Waals surface area contributed by atoms with Gasteiger partial charge in [0.2, 0.25) is 0 Å². The molecule has 0 aliphatic rings. The second kappa shape index (κ2) is 3.91. The lowest BCUT2D eigenvalue weighted by molar-refractivity contribution is 0.840. The predicted molar refractivity (Wildman–Crippen MR) is 43.9 cm³/mol. The number of rotatable bonds is 3. The third-order valence-corrected chi connectivity index (χ3v) is 1.94. The molecule has 5 heteroatoms. The van der Waals surface area contributed by atoms with E-state index >= 15 is 0 Å². The third-order valence-electron chi connectivity index (χ3n) is 1.13. The average Bonchev–Trinajstić information content (AvgIpc) is 2.52. The molecular formula is C6H8N4S. The van der Waals surface area contributed by atoms with Crippen LogP contribution in [0, 0.1) is 11.3 Å². The summed E-state index contributed by atoms with van der Waals surface area (Å²) in [5.74, 6) is 5.56. The van der Waals surface area contributed by atoms with Crippen molar-refractivity contribution in [3.8, 4) is 6.07 Å². The number of anilines is 1. The third kappa shape index (κ3) is 2.18. The number of hydrogen-bond donors (Lipinski definition) is 1. The fourth-order valence-corrected chi connectivity index (χ4v) is 1.22. The van der Waals surface area contributed by atoms with E-state index in [1.54, 1.807) is 6.20 Å². The predicted octanol–water partition coefficient (Wildman–Crippen LogP) is 0.737. The molecule has 2 N–H and O–H groups in total. The van der Waals surface area contributed by atoms with Gasteiger partial charge >= 0.3 is 0 Å². The quantitative estimate of drug-likeness (QED) is 0.534. The van der Waals surface area contributed by atoms with E-state index in [0.717, 1.165) is 5.13 Å². The maximum Gasteiger partial charge on any atom is 0.199 e. The van der Waals surface area contributed by atoms with Crippen LogP contribution in [0.25, 0.3) is 0 Å². The summed E-state index contributed by atoms with van der Waals surface area (Å²) in [5.41, 5.74) is 0. The van der Waals surface area contributed by atoms with Gasteiger partial charge in [-0.3, -0.25) is 5.01 Å². The highest BCUT2D eigenvalue weighted by Crippen LogP contribution is 2.13. The van der Waals surface area contributed by atoms with E-state index in [1.807, 2.05) is 11.4 Å². The minimum atomic E-state index is 0.427. The summed E-state index contributed by atoms with van der Waals surface area (Å²) in [4.78, 5) is 3.98. The largest absolute Gasteiger partial charge is 0.285 e. The molecule has 0 fully saturated rings. The van der Waals surface area contributed by atoms with Crippen molar-refractivity contribution in [2.45, 2.75) is 6.42 Å². The number of nitrogens with two attached hydrogens (primary N) is 1. The molecule has 0 aliphatic heterocycles. The van der Waals surface area contributed by atoms with Crippen LogP contribution in [0.3, 0.4) is 0 Å². The smallest absolute Gasteiger partial charge is 0.199 e. The molecule has 1 aromatic rings. The summed E-state index contributed by atoms with van der Waals surface area (Å²) < 4.78 is 0. The molecule has 0 radical (unpaired) electrons. The van der Waals surface area contributed by atoms with Gasteiger partial charge in [-0.1, -0.05) is 0 Å². The lowest BCUT2D eigenvalue weighted by Gasteiger charge is -2.11. The molecular weight excluding hydrogens is 160 g/mol. The van der Waals surface area contributed by atoms with Gasteiger partial charge in [-0.2, -0.15) is 5.26 Å². The van der Waals surface area contributed by atoms with Crippen LogP contribution in [0.2, 0.25) is 0 Å². The van der Waals surface area contributed by atoms with Gasteiger partial charge < -0.3 is 0 Å². The molecule has 4 nitrogen and oxygen atoms in total. The van der Waals surface area contributed by atoms with Crippen molar-refractivity contribution in [2.75, 3.05) is 11.6 Å². The zero-order valence-corrected chi connectivity index (χ0v) is 6.71.